The maximum absolute atomic E-state index is 13.0. The Hall–Kier alpha value is -3.64. The second-order valence-electron chi connectivity index (χ2n) is 7.57. The molecule has 0 bridgehead atoms. The minimum atomic E-state index is -0.810. The van der Waals surface area contributed by atoms with Gasteiger partial charge in [0.05, 0.1) is 12.7 Å². The summed E-state index contributed by atoms with van der Waals surface area (Å²) < 4.78 is 7.14. The molecule has 1 fully saturated rings. The Morgan fingerprint density at radius 3 is 2.56 bits per heavy atom. The normalized spacial score (nSPS) is 19.0. The van der Waals surface area contributed by atoms with E-state index in [9.17, 15) is 9.59 Å². The van der Waals surface area contributed by atoms with E-state index < -0.39 is 12.1 Å². The summed E-state index contributed by atoms with van der Waals surface area (Å²) in [6.45, 7) is 1.92. The topological polar surface area (TPSA) is 70.4 Å². The maximum atomic E-state index is 13.0. The van der Waals surface area contributed by atoms with Crippen molar-refractivity contribution in [3.63, 3.8) is 0 Å². The van der Waals surface area contributed by atoms with Gasteiger partial charge in [-0.05, 0) is 43.3 Å². The van der Waals surface area contributed by atoms with E-state index in [2.05, 4.69) is 10.7 Å². The van der Waals surface area contributed by atoms with Gasteiger partial charge in [-0.3, -0.25) is 9.59 Å². The van der Waals surface area contributed by atoms with Crippen molar-refractivity contribution in [2.45, 2.75) is 19.0 Å². The molecule has 3 aromatic rings. The molecule has 3 aromatic carbocycles. The standard InChI is InChI=1S/C25H22ClN3O3/c1-16-6-5-8-18(14-16)24(30)27-22-23(17-10-12-20(26)13-11-17)29(28-25(22)31)15-19-7-3-4-9-21(19)32-2/h3-15,22-23H,1-2H3,(H-,27,28,30,31)/p+1/b29-15+/t22-,23+/m1/s1. The lowest BCUT2D eigenvalue weighted by Crippen LogP contribution is -2.42. The smallest absolute Gasteiger partial charge is 0.304 e. The molecule has 162 valence electrons. The van der Waals surface area contributed by atoms with Gasteiger partial charge in [-0.15, -0.1) is 10.1 Å². The number of carbonyl (C=O) groups excluding carboxylic acids is 2. The highest BCUT2D eigenvalue weighted by Gasteiger charge is 2.47. The Morgan fingerprint density at radius 1 is 1.09 bits per heavy atom. The number of aryl methyl sites for hydroxylation is 1. The van der Waals surface area contributed by atoms with Crippen LogP contribution in [0.25, 0.3) is 0 Å². The molecule has 0 radical (unpaired) electrons. The third kappa shape index (κ3) is 4.50. The van der Waals surface area contributed by atoms with Crippen LogP contribution in [0, 0.1) is 6.92 Å². The summed E-state index contributed by atoms with van der Waals surface area (Å²) in [5.41, 5.74) is 5.96. The first-order valence-corrected chi connectivity index (χ1v) is 10.5. The first kappa shape index (κ1) is 21.6. The van der Waals surface area contributed by atoms with E-state index in [4.69, 9.17) is 16.3 Å². The molecule has 0 aromatic heterocycles. The fourth-order valence-corrected chi connectivity index (χ4v) is 3.90. The van der Waals surface area contributed by atoms with Gasteiger partial charge >= 0.3 is 5.91 Å². The SMILES string of the molecule is COc1ccccc1/C=[N+]1/NC(=O)[C@H](NC(=O)c2cccc(C)c2)[C@@H]1c1ccc(Cl)cc1. The number of ether oxygens (including phenoxy) is 1. The highest BCUT2D eigenvalue weighted by atomic mass is 35.5. The van der Waals surface area contributed by atoms with E-state index >= 15 is 0 Å². The van der Waals surface area contributed by atoms with Crippen molar-refractivity contribution in [1.82, 2.24) is 10.7 Å². The molecule has 1 aliphatic heterocycles. The minimum Gasteiger partial charge on any atom is -0.496 e. The predicted octanol–water partition coefficient (Wildman–Crippen LogP) is 3.67. The van der Waals surface area contributed by atoms with Crippen LogP contribution in [0.4, 0.5) is 0 Å². The Kier molecular flexibility index (Phi) is 6.23. The largest absolute Gasteiger partial charge is 0.496 e. The fourth-order valence-electron chi connectivity index (χ4n) is 3.77. The number of hydrogen-bond acceptors (Lipinski definition) is 3. The lowest BCUT2D eigenvalue weighted by atomic mass is 9.99. The zero-order chi connectivity index (χ0) is 22.7. The first-order valence-electron chi connectivity index (χ1n) is 10.2. The van der Waals surface area contributed by atoms with Crippen LogP contribution in [-0.2, 0) is 4.79 Å². The molecular formula is C25H23ClN3O3+. The van der Waals surface area contributed by atoms with Gasteiger partial charge in [-0.25, -0.2) is 0 Å². The van der Waals surface area contributed by atoms with Gasteiger partial charge in [-0.2, -0.15) is 0 Å². The van der Waals surface area contributed by atoms with Crippen molar-refractivity contribution in [3.8, 4) is 5.75 Å². The number of methoxy groups -OCH3 is 1. The Morgan fingerprint density at radius 2 is 1.84 bits per heavy atom. The molecule has 1 saturated heterocycles. The van der Waals surface area contributed by atoms with Crippen LogP contribution in [0.1, 0.15) is 33.1 Å². The molecule has 0 saturated carbocycles. The van der Waals surface area contributed by atoms with Crippen molar-refractivity contribution in [2.24, 2.45) is 0 Å². The Bertz CT molecular complexity index is 1190. The maximum Gasteiger partial charge on any atom is 0.304 e. The van der Waals surface area contributed by atoms with E-state index in [0.29, 0.717) is 16.3 Å². The molecule has 1 aliphatic rings. The van der Waals surface area contributed by atoms with E-state index in [1.807, 2.05) is 55.5 Å². The first-order chi connectivity index (χ1) is 15.5. The molecule has 6 nitrogen and oxygen atoms in total. The highest BCUT2D eigenvalue weighted by Crippen LogP contribution is 2.27. The summed E-state index contributed by atoms with van der Waals surface area (Å²) in [7, 11) is 1.59. The monoisotopic (exact) mass is 448 g/mol. The molecule has 0 aliphatic carbocycles. The number of carbonyl (C=O) groups is 2. The molecule has 0 unspecified atom stereocenters. The number of rotatable bonds is 5. The summed E-state index contributed by atoms with van der Waals surface area (Å²) in [6, 6.07) is 20.7. The molecule has 1 heterocycles. The van der Waals surface area contributed by atoms with Crippen molar-refractivity contribution in [2.75, 3.05) is 7.11 Å². The highest BCUT2D eigenvalue weighted by molar-refractivity contribution is 6.30. The molecule has 2 N–H and O–H groups in total. The van der Waals surface area contributed by atoms with Crippen molar-refractivity contribution in [1.29, 1.82) is 0 Å². The van der Waals surface area contributed by atoms with E-state index in [1.54, 1.807) is 42.3 Å². The van der Waals surface area contributed by atoms with Crippen LogP contribution in [0.3, 0.4) is 0 Å². The lowest BCUT2D eigenvalue weighted by Gasteiger charge is -2.15. The number of hydrogen-bond donors (Lipinski definition) is 2. The second-order valence-corrected chi connectivity index (χ2v) is 8.01. The number of benzene rings is 3. The Labute approximate surface area is 191 Å². The van der Waals surface area contributed by atoms with Gasteiger partial charge < -0.3 is 10.1 Å². The van der Waals surface area contributed by atoms with Crippen LogP contribution < -0.4 is 15.5 Å². The predicted molar refractivity (Wildman–Crippen MR) is 123 cm³/mol. The average molecular weight is 449 g/mol. The fraction of sp³-hybridized carbons (Fsp3) is 0.160. The van der Waals surface area contributed by atoms with Crippen molar-refractivity contribution < 1.29 is 19.0 Å². The molecule has 0 spiro atoms. The van der Waals surface area contributed by atoms with E-state index in [-0.39, 0.29) is 11.8 Å². The molecule has 2 atom stereocenters. The summed E-state index contributed by atoms with van der Waals surface area (Å²) in [4.78, 5) is 25.9. The van der Waals surface area contributed by atoms with Crippen LogP contribution in [-0.4, -0.2) is 35.9 Å². The molecule has 4 rings (SSSR count). The van der Waals surface area contributed by atoms with Crippen LogP contribution in [0.15, 0.2) is 72.8 Å². The molecular weight excluding hydrogens is 426 g/mol. The van der Waals surface area contributed by atoms with Crippen LogP contribution in [0.5, 0.6) is 5.75 Å². The number of para-hydroxylation sites is 1. The number of nitrogens with one attached hydrogen (secondary N) is 2. The minimum absolute atomic E-state index is 0.308. The zero-order valence-electron chi connectivity index (χ0n) is 17.7. The summed E-state index contributed by atoms with van der Waals surface area (Å²) in [6.07, 6.45) is 1.80. The number of hydrazine groups is 1. The number of amides is 2. The number of nitrogens with zero attached hydrogens (tertiary/aromatic N) is 1. The van der Waals surface area contributed by atoms with Crippen molar-refractivity contribution >= 4 is 29.6 Å². The molecule has 2 amide bonds. The molecule has 7 heteroatoms. The van der Waals surface area contributed by atoms with Gasteiger partial charge in [0.15, 0.2) is 6.04 Å². The molecule has 32 heavy (non-hydrogen) atoms. The van der Waals surface area contributed by atoms with Crippen molar-refractivity contribution in [3.05, 3.63) is 100 Å². The Balaban J connectivity index is 1.73. The zero-order valence-corrected chi connectivity index (χ0v) is 18.5. The summed E-state index contributed by atoms with van der Waals surface area (Å²) in [5, 5.41) is 3.49. The summed E-state index contributed by atoms with van der Waals surface area (Å²) in [5.74, 6) is 0.0490. The van der Waals surface area contributed by atoms with Gasteiger partial charge in [0.25, 0.3) is 5.91 Å². The third-order valence-corrected chi connectivity index (χ3v) is 5.58. The second kappa shape index (κ2) is 9.24. The lowest BCUT2D eigenvalue weighted by molar-refractivity contribution is -0.596. The van der Waals surface area contributed by atoms with Crippen LogP contribution in [0.2, 0.25) is 5.02 Å². The average Bonchev–Trinajstić information content (AvgIpc) is 3.09. The van der Waals surface area contributed by atoms with E-state index in [0.717, 1.165) is 16.7 Å². The van der Waals surface area contributed by atoms with E-state index in [1.165, 1.54) is 0 Å². The van der Waals surface area contributed by atoms with Gasteiger partial charge in [0.1, 0.15) is 5.75 Å². The van der Waals surface area contributed by atoms with Gasteiger partial charge in [0, 0.05) is 16.1 Å². The quantitative estimate of drug-likeness (QED) is 0.585. The van der Waals surface area contributed by atoms with Gasteiger partial charge in [0.2, 0.25) is 12.3 Å². The summed E-state index contributed by atoms with van der Waals surface area (Å²) >= 11 is 6.08. The van der Waals surface area contributed by atoms with Crippen LogP contribution >= 0.6 is 11.6 Å². The number of halogens is 1. The third-order valence-electron chi connectivity index (χ3n) is 5.33. The van der Waals surface area contributed by atoms with Gasteiger partial charge in [-0.1, -0.05) is 53.6 Å². The number of hydrazone groups is 1.